The second kappa shape index (κ2) is 8.19. The minimum atomic E-state index is 0.750. The molecule has 0 unspecified atom stereocenters. The molecular weight excluding hydrogens is 412 g/mol. The molecule has 0 saturated carbocycles. The number of nitrogens with zero attached hydrogens (tertiary/aromatic N) is 3. The molecule has 1 aliphatic rings. The average Bonchev–Trinajstić information content (AvgIpc) is 3.23. The van der Waals surface area contributed by atoms with Gasteiger partial charge >= 0.3 is 0 Å². The number of benzene rings is 2. The highest BCUT2D eigenvalue weighted by Gasteiger charge is 2.19. The van der Waals surface area contributed by atoms with Crippen molar-refractivity contribution in [1.29, 1.82) is 0 Å². The van der Waals surface area contributed by atoms with Crippen LogP contribution < -0.4 is 5.73 Å². The molecule has 4 nitrogen and oxygen atoms in total. The molecule has 0 fully saturated rings. The zero-order chi connectivity index (χ0) is 20.5. The SMILES string of the molecule is Nc1ccc(-c2ncc3c(n2)CCN(Cc2ccc(-c4ccc(Cl)cc4)s2)C3)cc1. The summed E-state index contributed by atoms with van der Waals surface area (Å²) in [6.07, 6.45) is 2.92. The number of halogens is 1. The smallest absolute Gasteiger partial charge is 0.159 e. The number of fused-ring (bicyclic) bond motifs is 1. The minimum Gasteiger partial charge on any atom is -0.399 e. The molecule has 0 atom stereocenters. The van der Waals surface area contributed by atoms with Crippen LogP contribution in [-0.2, 0) is 19.5 Å². The maximum absolute atomic E-state index is 6.01. The van der Waals surface area contributed by atoms with E-state index in [0.717, 1.165) is 53.8 Å². The van der Waals surface area contributed by atoms with E-state index in [1.165, 1.54) is 20.9 Å². The molecule has 30 heavy (non-hydrogen) atoms. The fourth-order valence-corrected chi connectivity index (χ4v) is 4.92. The van der Waals surface area contributed by atoms with Crippen molar-refractivity contribution < 1.29 is 0 Å². The van der Waals surface area contributed by atoms with Gasteiger partial charge in [-0.1, -0.05) is 23.7 Å². The van der Waals surface area contributed by atoms with Gasteiger partial charge < -0.3 is 5.73 Å². The Kier molecular flexibility index (Phi) is 5.25. The largest absolute Gasteiger partial charge is 0.399 e. The Balaban J connectivity index is 1.28. The highest BCUT2D eigenvalue weighted by molar-refractivity contribution is 7.15. The molecule has 0 amide bonds. The Hall–Kier alpha value is -2.73. The minimum absolute atomic E-state index is 0.750. The van der Waals surface area contributed by atoms with Crippen LogP contribution in [0.25, 0.3) is 21.8 Å². The second-order valence-corrected chi connectivity index (χ2v) is 9.13. The van der Waals surface area contributed by atoms with Crippen molar-refractivity contribution in [3.8, 4) is 21.8 Å². The number of rotatable bonds is 4. The van der Waals surface area contributed by atoms with Crippen LogP contribution >= 0.6 is 22.9 Å². The maximum Gasteiger partial charge on any atom is 0.159 e. The summed E-state index contributed by atoms with van der Waals surface area (Å²) in [5, 5.41) is 0.768. The van der Waals surface area contributed by atoms with Gasteiger partial charge in [-0.3, -0.25) is 4.90 Å². The summed E-state index contributed by atoms with van der Waals surface area (Å²) in [5.74, 6) is 0.771. The number of hydrogen-bond acceptors (Lipinski definition) is 5. The third-order valence-corrected chi connectivity index (χ3v) is 6.72. The van der Waals surface area contributed by atoms with Gasteiger partial charge in [0.25, 0.3) is 0 Å². The number of anilines is 1. The lowest BCUT2D eigenvalue weighted by molar-refractivity contribution is 0.245. The van der Waals surface area contributed by atoms with Crippen molar-refractivity contribution in [2.45, 2.75) is 19.5 Å². The van der Waals surface area contributed by atoms with Gasteiger partial charge in [0.15, 0.2) is 5.82 Å². The molecule has 0 bridgehead atoms. The van der Waals surface area contributed by atoms with Gasteiger partial charge in [0.2, 0.25) is 0 Å². The molecule has 2 N–H and O–H groups in total. The third-order valence-electron chi connectivity index (χ3n) is 5.35. The number of aromatic nitrogens is 2. The summed E-state index contributed by atoms with van der Waals surface area (Å²) in [6, 6.07) is 20.2. The normalized spacial score (nSPS) is 13.9. The molecule has 2 aromatic heterocycles. The van der Waals surface area contributed by atoms with E-state index in [9.17, 15) is 0 Å². The summed E-state index contributed by atoms with van der Waals surface area (Å²) in [7, 11) is 0. The van der Waals surface area contributed by atoms with Crippen LogP contribution in [0.15, 0.2) is 66.9 Å². The Labute approximate surface area is 185 Å². The zero-order valence-electron chi connectivity index (χ0n) is 16.4. The van der Waals surface area contributed by atoms with Crippen LogP contribution in [0.1, 0.15) is 16.1 Å². The van der Waals surface area contributed by atoms with Gasteiger partial charge in [-0.15, -0.1) is 11.3 Å². The third kappa shape index (κ3) is 4.10. The van der Waals surface area contributed by atoms with Gasteiger partial charge in [-0.05, 0) is 54.1 Å². The van der Waals surface area contributed by atoms with Crippen molar-refractivity contribution in [3.63, 3.8) is 0 Å². The van der Waals surface area contributed by atoms with Gasteiger partial charge in [-0.2, -0.15) is 0 Å². The van der Waals surface area contributed by atoms with E-state index in [-0.39, 0.29) is 0 Å². The van der Waals surface area contributed by atoms with E-state index in [1.807, 2.05) is 53.9 Å². The quantitative estimate of drug-likeness (QED) is 0.422. The lowest BCUT2D eigenvalue weighted by Gasteiger charge is -2.27. The van der Waals surface area contributed by atoms with E-state index in [0.29, 0.717) is 0 Å². The fourth-order valence-electron chi connectivity index (χ4n) is 3.73. The van der Waals surface area contributed by atoms with Crippen molar-refractivity contribution in [2.75, 3.05) is 12.3 Å². The van der Waals surface area contributed by atoms with Crippen molar-refractivity contribution in [1.82, 2.24) is 14.9 Å². The number of nitrogen functional groups attached to an aromatic ring is 1. The van der Waals surface area contributed by atoms with Crippen molar-refractivity contribution >= 4 is 28.6 Å². The number of thiophene rings is 1. The first kappa shape index (κ1) is 19.2. The van der Waals surface area contributed by atoms with E-state index in [1.54, 1.807) is 0 Å². The molecule has 0 aliphatic carbocycles. The van der Waals surface area contributed by atoms with Gasteiger partial charge in [0, 0.05) is 63.8 Å². The molecule has 150 valence electrons. The highest BCUT2D eigenvalue weighted by Crippen LogP contribution is 2.31. The molecule has 6 heteroatoms. The van der Waals surface area contributed by atoms with Crippen LogP contribution in [0, 0.1) is 0 Å². The predicted molar refractivity (Wildman–Crippen MR) is 124 cm³/mol. The first-order valence-electron chi connectivity index (χ1n) is 9.92. The molecule has 2 aromatic carbocycles. The number of hydrogen-bond donors (Lipinski definition) is 1. The van der Waals surface area contributed by atoms with Gasteiger partial charge in [0.1, 0.15) is 0 Å². The standard InChI is InChI=1S/C24H21ClN4S/c25-19-5-1-16(2-6-19)23-10-9-21(30-23)15-29-12-11-22-18(14-29)13-27-24(28-22)17-3-7-20(26)8-4-17/h1-10,13H,11-12,14-15,26H2. The summed E-state index contributed by atoms with van der Waals surface area (Å²) >= 11 is 7.85. The first-order valence-corrected chi connectivity index (χ1v) is 11.1. The first-order chi connectivity index (χ1) is 14.6. The molecule has 0 spiro atoms. The summed E-state index contributed by atoms with van der Waals surface area (Å²) in [6.45, 7) is 2.82. The van der Waals surface area contributed by atoms with E-state index < -0.39 is 0 Å². The Morgan fingerprint density at radius 3 is 2.53 bits per heavy atom. The predicted octanol–water partition coefficient (Wildman–Crippen LogP) is 5.67. The average molecular weight is 433 g/mol. The van der Waals surface area contributed by atoms with E-state index in [4.69, 9.17) is 22.3 Å². The Morgan fingerprint density at radius 1 is 0.967 bits per heavy atom. The molecule has 0 saturated heterocycles. The van der Waals surface area contributed by atoms with E-state index >= 15 is 0 Å². The van der Waals surface area contributed by atoms with Crippen LogP contribution in [0.5, 0.6) is 0 Å². The lowest BCUT2D eigenvalue weighted by atomic mass is 10.1. The molecule has 4 aromatic rings. The van der Waals surface area contributed by atoms with Gasteiger partial charge in [-0.25, -0.2) is 9.97 Å². The van der Waals surface area contributed by atoms with Crippen LogP contribution in [-0.4, -0.2) is 21.4 Å². The molecule has 0 radical (unpaired) electrons. The Bertz CT molecular complexity index is 1170. The monoisotopic (exact) mass is 432 g/mol. The molecule has 5 rings (SSSR count). The van der Waals surface area contributed by atoms with Crippen LogP contribution in [0.4, 0.5) is 5.69 Å². The Morgan fingerprint density at radius 2 is 1.73 bits per heavy atom. The molecule has 3 heterocycles. The molecule has 1 aliphatic heterocycles. The van der Waals surface area contributed by atoms with Crippen molar-refractivity contribution in [2.24, 2.45) is 0 Å². The van der Waals surface area contributed by atoms with Gasteiger partial charge in [0.05, 0.1) is 5.69 Å². The summed E-state index contributed by atoms with van der Waals surface area (Å²) in [5.41, 5.74) is 11.1. The van der Waals surface area contributed by atoms with Crippen LogP contribution in [0.2, 0.25) is 5.02 Å². The highest BCUT2D eigenvalue weighted by atomic mass is 35.5. The maximum atomic E-state index is 6.01. The fraction of sp³-hybridized carbons (Fsp3) is 0.167. The number of nitrogens with two attached hydrogens (primary N) is 1. The van der Waals surface area contributed by atoms with Crippen LogP contribution in [0.3, 0.4) is 0 Å². The molecular formula is C24H21ClN4S. The summed E-state index contributed by atoms with van der Waals surface area (Å²) < 4.78 is 0. The van der Waals surface area contributed by atoms with E-state index in [2.05, 4.69) is 34.1 Å². The topological polar surface area (TPSA) is 55.0 Å². The zero-order valence-corrected chi connectivity index (χ0v) is 18.0. The second-order valence-electron chi connectivity index (χ2n) is 7.52. The lowest BCUT2D eigenvalue weighted by Crippen LogP contribution is -2.30. The summed E-state index contributed by atoms with van der Waals surface area (Å²) in [4.78, 5) is 14.5. The van der Waals surface area contributed by atoms with Crippen molar-refractivity contribution in [3.05, 3.63) is 88.0 Å².